The lowest BCUT2D eigenvalue weighted by atomic mass is 10.0. The molecule has 2 unspecified atom stereocenters. The van der Waals surface area contributed by atoms with Crippen LogP contribution in [0.4, 0.5) is 4.79 Å². The molecule has 2 aliphatic rings. The predicted octanol–water partition coefficient (Wildman–Crippen LogP) is 0.814. The Morgan fingerprint density at radius 3 is 2.94 bits per heavy atom. The van der Waals surface area contributed by atoms with Crippen LogP contribution < -0.4 is 5.32 Å². The van der Waals surface area contributed by atoms with Gasteiger partial charge in [0, 0.05) is 19.2 Å². The van der Waals surface area contributed by atoms with E-state index in [2.05, 4.69) is 5.32 Å². The first-order valence-electron chi connectivity index (χ1n) is 6.38. The molecule has 2 amide bonds. The van der Waals surface area contributed by atoms with Crippen molar-refractivity contribution < 1.29 is 19.4 Å². The zero-order valence-electron chi connectivity index (χ0n) is 10.6. The Kier molecular flexibility index (Phi) is 3.75. The third-order valence-corrected chi connectivity index (χ3v) is 3.68. The van der Waals surface area contributed by atoms with Crippen LogP contribution >= 0.6 is 0 Å². The van der Waals surface area contributed by atoms with Crippen LogP contribution in [0.25, 0.3) is 0 Å². The van der Waals surface area contributed by atoms with Crippen LogP contribution in [0.3, 0.4) is 0 Å². The summed E-state index contributed by atoms with van der Waals surface area (Å²) in [6.45, 7) is 3.78. The van der Waals surface area contributed by atoms with E-state index < -0.39 is 5.97 Å². The summed E-state index contributed by atoms with van der Waals surface area (Å²) in [5.41, 5.74) is -0.312. The van der Waals surface area contributed by atoms with Crippen LogP contribution in [0, 0.1) is 0 Å². The summed E-state index contributed by atoms with van der Waals surface area (Å²) < 4.78 is 5.29. The molecule has 0 aromatic carbocycles. The van der Waals surface area contributed by atoms with Crippen LogP contribution in [-0.2, 0) is 9.53 Å². The van der Waals surface area contributed by atoms with Crippen molar-refractivity contribution in [2.45, 2.75) is 44.2 Å². The Morgan fingerprint density at radius 2 is 2.33 bits per heavy atom. The van der Waals surface area contributed by atoms with E-state index in [1.807, 2.05) is 6.92 Å². The number of amides is 2. The first-order chi connectivity index (χ1) is 8.50. The first-order valence-corrected chi connectivity index (χ1v) is 6.38. The monoisotopic (exact) mass is 256 g/mol. The van der Waals surface area contributed by atoms with E-state index in [1.165, 1.54) is 0 Å². The molecule has 0 radical (unpaired) electrons. The fourth-order valence-electron chi connectivity index (χ4n) is 2.61. The third kappa shape index (κ3) is 2.93. The molecule has 18 heavy (non-hydrogen) atoms. The molecule has 6 nitrogen and oxygen atoms in total. The Morgan fingerprint density at radius 1 is 1.56 bits per heavy atom. The van der Waals surface area contributed by atoms with Crippen LogP contribution in [0.1, 0.15) is 32.6 Å². The van der Waals surface area contributed by atoms with Gasteiger partial charge >= 0.3 is 12.0 Å². The number of hydrogen-bond acceptors (Lipinski definition) is 3. The summed E-state index contributed by atoms with van der Waals surface area (Å²) in [4.78, 5) is 24.6. The molecule has 2 saturated heterocycles. The maximum absolute atomic E-state index is 12.2. The summed E-state index contributed by atoms with van der Waals surface area (Å²) in [5, 5.41) is 11.8. The van der Waals surface area contributed by atoms with E-state index in [-0.39, 0.29) is 24.0 Å². The smallest absolute Gasteiger partial charge is 0.318 e. The molecule has 2 aliphatic heterocycles. The number of likely N-dealkylation sites (tertiary alicyclic amines) is 1. The number of carboxylic acid groups (broad SMARTS) is 1. The van der Waals surface area contributed by atoms with E-state index in [0.29, 0.717) is 19.8 Å². The van der Waals surface area contributed by atoms with Gasteiger partial charge in [-0.2, -0.15) is 0 Å². The van der Waals surface area contributed by atoms with E-state index in [4.69, 9.17) is 9.84 Å². The normalized spacial score (nSPS) is 31.6. The number of carboxylic acids is 1. The van der Waals surface area contributed by atoms with Gasteiger partial charge in [0.15, 0.2) is 0 Å². The van der Waals surface area contributed by atoms with Crippen molar-refractivity contribution in [3.05, 3.63) is 0 Å². The van der Waals surface area contributed by atoms with Gasteiger partial charge in [-0.25, -0.2) is 4.79 Å². The summed E-state index contributed by atoms with van der Waals surface area (Å²) in [7, 11) is 0. The Labute approximate surface area is 106 Å². The second-order valence-electron chi connectivity index (χ2n) is 5.38. The average Bonchev–Trinajstić information content (AvgIpc) is 2.86. The highest BCUT2D eigenvalue weighted by Gasteiger charge is 2.36. The molecule has 6 heteroatoms. The van der Waals surface area contributed by atoms with Gasteiger partial charge < -0.3 is 20.1 Å². The van der Waals surface area contributed by atoms with Crippen molar-refractivity contribution in [1.82, 2.24) is 10.2 Å². The van der Waals surface area contributed by atoms with Crippen molar-refractivity contribution >= 4 is 12.0 Å². The summed E-state index contributed by atoms with van der Waals surface area (Å²) in [6, 6.07) is -0.333. The number of nitrogens with one attached hydrogen (secondary N) is 1. The molecule has 0 aromatic heterocycles. The van der Waals surface area contributed by atoms with Gasteiger partial charge in [0.1, 0.15) is 0 Å². The zero-order chi connectivity index (χ0) is 13.2. The number of urea groups is 1. The highest BCUT2D eigenvalue weighted by atomic mass is 16.5. The van der Waals surface area contributed by atoms with Gasteiger partial charge in [0.05, 0.1) is 18.6 Å². The molecule has 0 aliphatic carbocycles. The van der Waals surface area contributed by atoms with Gasteiger partial charge in [0.2, 0.25) is 0 Å². The highest BCUT2D eigenvalue weighted by molar-refractivity contribution is 5.77. The van der Waals surface area contributed by atoms with Gasteiger partial charge in [-0.3, -0.25) is 4.79 Å². The lowest BCUT2D eigenvalue weighted by Crippen LogP contribution is -2.53. The van der Waals surface area contributed by atoms with Gasteiger partial charge in [-0.05, 0) is 26.2 Å². The number of carbonyl (C=O) groups excluding carboxylic acids is 1. The fraction of sp³-hybridized carbons (Fsp3) is 0.833. The van der Waals surface area contributed by atoms with Crippen LogP contribution in [0.15, 0.2) is 0 Å². The number of carbonyl (C=O) groups is 2. The van der Waals surface area contributed by atoms with Crippen molar-refractivity contribution in [2.75, 3.05) is 19.8 Å². The quantitative estimate of drug-likeness (QED) is 0.783. The standard InChI is InChI=1S/C12H20N2O4/c1-12(4-6-18-8-12)13-11(17)14-5-2-3-9(14)7-10(15)16/h9H,2-8H2,1H3,(H,13,17)(H,15,16). The first kappa shape index (κ1) is 13.1. The average molecular weight is 256 g/mol. The minimum atomic E-state index is -0.852. The summed E-state index contributed by atoms with van der Waals surface area (Å²) in [6.07, 6.45) is 2.47. The molecular weight excluding hydrogens is 236 g/mol. The van der Waals surface area contributed by atoms with Gasteiger partial charge in [-0.1, -0.05) is 0 Å². The molecule has 2 N–H and O–H groups in total. The third-order valence-electron chi connectivity index (χ3n) is 3.68. The maximum Gasteiger partial charge on any atom is 0.318 e. The van der Waals surface area contributed by atoms with Crippen LogP contribution in [-0.4, -0.2) is 53.3 Å². The number of rotatable bonds is 3. The van der Waals surface area contributed by atoms with E-state index in [0.717, 1.165) is 19.3 Å². The van der Waals surface area contributed by atoms with Gasteiger partial charge in [-0.15, -0.1) is 0 Å². The fourth-order valence-corrected chi connectivity index (χ4v) is 2.61. The largest absolute Gasteiger partial charge is 0.481 e. The minimum absolute atomic E-state index is 0.0284. The summed E-state index contributed by atoms with van der Waals surface area (Å²) >= 11 is 0. The van der Waals surface area contributed by atoms with Crippen molar-refractivity contribution in [3.63, 3.8) is 0 Å². The SMILES string of the molecule is CC1(NC(=O)N2CCCC2CC(=O)O)CCOC1. The Hall–Kier alpha value is -1.30. The van der Waals surface area contributed by atoms with Crippen molar-refractivity contribution in [1.29, 1.82) is 0 Å². The lowest BCUT2D eigenvalue weighted by Gasteiger charge is -2.30. The molecule has 0 saturated carbocycles. The second-order valence-corrected chi connectivity index (χ2v) is 5.38. The molecule has 0 spiro atoms. The van der Waals surface area contributed by atoms with E-state index in [9.17, 15) is 9.59 Å². The molecule has 0 bridgehead atoms. The maximum atomic E-state index is 12.2. The number of aliphatic carboxylic acids is 1. The molecule has 2 fully saturated rings. The minimum Gasteiger partial charge on any atom is -0.481 e. The molecule has 2 atom stereocenters. The van der Waals surface area contributed by atoms with E-state index >= 15 is 0 Å². The molecule has 102 valence electrons. The highest BCUT2D eigenvalue weighted by Crippen LogP contribution is 2.23. The second kappa shape index (κ2) is 5.14. The lowest BCUT2D eigenvalue weighted by molar-refractivity contribution is -0.137. The topological polar surface area (TPSA) is 78.9 Å². The summed E-state index contributed by atoms with van der Waals surface area (Å²) in [5.74, 6) is -0.852. The van der Waals surface area contributed by atoms with E-state index in [1.54, 1.807) is 4.90 Å². The predicted molar refractivity (Wildman–Crippen MR) is 64.4 cm³/mol. The molecule has 2 rings (SSSR count). The Bertz CT molecular complexity index is 339. The number of ether oxygens (including phenoxy) is 1. The molecule has 2 heterocycles. The zero-order valence-corrected chi connectivity index (χ0v) is 10.6. The molecule has 0 aromatic rings. The number of hydrogen-bond donors (Lipinski definition) is 2. The Balaban J connectivity index is 1.93. The van der Waals surface area contributed by atoms with Crippen molar-refractivity contribution in [3.8, 4) is 0 Å². The van der Waals surface area contributed by atoms with Crippen molar-refractivity contribution in [2.24, 2.45) is 0 Å². The van der Waals surface area contributed by atoms with Crippen LogP contribution in [0.5, 0.6) is 0 Å². The number of nitrogens with zero attached hydrogens (tertiary/aromatic N) is 1. The van der Waals surface area contributed by atoms with Crippen LogP contribution in [0.2, 0.25) is 0 Å². The van der Waals surface area contributed by atoms with Gasteiger partial charge in [0.25, 0.3) is 0 Å². The molecular formula is C12H20N2O4.